The molecule has 1 amide bonds. The molecule has 0 atom stereocenters. The number of nitrogens with one attached hydrogen (secondary N) is 1. The Hall–Kier alpha value is -2.67. The molecule has 0 unspecified atom stereocenters. The fourth-order valence-electron chi connectivity index (χ4n) is 4.19. The van der Waals surface area contributed by atoms with E-state index in [1.165, 1.54) is 0 Å². The number of carbonyl (C=O) groups is 2. The Morgan fingerprint density at radius 2 is 1.58 bits per heavy atom. The van der Waals surface area contributed by atoms with Crippen molar-refractivity contribution in [2.24, 2.45) is 0 Å². The first-order valence-corrected chi connectivity index (χ1v) is 11.9. The van der Waals surface area contributed by atoms with E-state index in [0.717, 1.165) is 16.7 Å². The molecule has 0 heterocycles. The summed E-state index contributed by atoms with van der Waals surface area (Å²) in [6.45, 7) is 6.75. The number of esters is 1. The van der Waals surface area contributed by atoms with Crippen LogP contribution >= 0.6 is 0 Å². The molecule has 0 radical (unpaired) electrons. The third-order valence-corrected chi connectivity index (χ3v) is 8.63. The monoisotopic (exact) mass is 443 g/mol. The van der Waals surface area contributed by atoms with Crippen LogP contribution in [0.2, 0.25) is 0 Å². The molecule has 0 saturated heterocycles. The maximum absolute atomic E-state index is 13.6. The lowest BCUT2D eigenvalue weighted by molar-refractivity contribution is -0.149. The standard InChI is InChI=1S/C24H29NO5S/c1-16-10-11-17(2)20(14-16)31(28,29)24(12-5-6-13-24)23(27)30-15-21(26)25-22-18(3)8-7-9-19(22)4/h7-11,14H,5-6,12-13,15H2,1-4H3,(H,25,26). The largest absolute Gasteiger partial charge is 0.454 e. The number of rotatable bonds is 6. The van der Waals surface area contributed by atoms with Gasteiger partial charge in [0.1, 0.15) is 0 Å². The van der Waals surface area contributed by atoms with Crippen LogP contribution in [0.1, 0.15) is 47.9 Å². The molecule has 31 heavy (non-hydrogen) atoms. The van der Waals surface area contributed by atoms with Gasteiger partial charge in [0, 0.05) is 5.69 Å². The van der Waals surface area contributed by atoms with E-state index in [2.05, 4.69) is 5.32 Å². The van der Waals surface area contributed by atoms with Gasteiger partial charge in [-0.25, -0.2) is 8.42 Å². The number of aryl methyl sites for hydroxylation is 4. The Bertz CT molecular complexity index is 1090. The van der Waals surface area contributed by atoms with E-state index in [9.17, 15) is 18.0 Å². The lowest BCUT2D eigenvalue weighted by atomic mass is 10.1. The molecule has 0 bridgehead atoms. The molecule has 0 spiro atoms. The van der Waals surface area contributed by atoms with Crippen molar-refractivity contribution in [2.75, 3.05) is 11.9 Å². The van der Waals surface area contributed by atoms with Gasteiger partial charge < -0.3 is 10.1 Å². The molecule has 0 aromatic heterocycles. The predicted molar refractivity (Wildman–Crippen MR) is 120 cm³/mol. The molecule has 2 aromatic rings. The molecule has 1 saturated carbocycles. The average Bonchev–Trinajstić information content (AvgIpc) is 3.22. The Labute approximate surface area is 183 Å². The van der Waals surface area contributed by atoms with Gasteiger partial charge >= 0.3 is 5.97 Å². The molecule has 0 aliphatic heterocycles. The highest BCUT2D eigenvalue weighted by molar-refractivity contribution is 7.93. The second kappa shape index (κ2) is 8.83. The van der Waals surface area contributed by atoms with Crippen LogP contribution in [0, 0.1) is 27.7 Å². The highest BCUT2D eigenvalue weighted by Gasteiger charge is 2.54. The van der Waals surface area contributed by atoms with E-state index >= 15 is 0 Å². The lowest BCUT2D eigenvalue weighted by Crippen LogP contribution is -2.46. The third-order valence-electron chi connectivity index (χ3n) is 6.01. The SMILES string of the molecule is Cc1ccc(C)c(S(=O)(=O)C2(C(=O)OCC(=O)Nc3c(C)cccc3C)CCCC2)c1. The second-order valence-corrected chi connectivity index (χ2v) is 10.6. The quantitative estimate of drug-likeness (QED) is 0.676. The number of sulfone groups is 1. The maximum Gasteiger partial charge on any atom is 0.328 e. The van der Waals surface area contributed by atoms with Crippen LogP contribution in [0.3, 0.4) is 0 Å². The minimum absolute atomic E-state index is 0.159. The summed E-state index contributed by atoms with van der Waals surface area (Å²) in [5, 5.41) is 2.76. The van der Waals surface area contributed by atoms with E-state index in [0.29, 0.717) is 24.1 Å². The second-order valence-electron chi connectivity index (χ2n) is 8.36. The summed E-state index contributed by atoms with van der Waals surface area (Å²) in [6.07, 6.45) is 1.63. The molecular formula is C24H29NO5S. The van der Waals surface area contributed by atoms with Gasteiger partial charge in [-0.05, 0) is 68.9 Å². The van der Waals surface area contributed by atoms with Crippen molar-refractivity contribution in [3.63, 3.8) is 0 Å². The molecule has 3 rings (SSSR count). The number of amides is 1. The smallest absolute Gasteiger partial charge is 0.328 e. The summed E-state index contributed by atoms with van der Waals surface area (Å²) in [6, 6.07) is 10.8. The number of ether oxygens (including phenoxy) is 1. The van der Waals surface area contributed by atoms with E-state index in [1.807, 2.05) is 45.0 Å². The zero-order valence-electron chi connectivity index (χ0n) is 18.4. The van der Waals surface area contributed by atoms with Crippen LogP contribution in [0.25, 0.3) is 0 Å². The van der Waals surface area contributed by atoms with Gasteiger partial charge in [-0.15, -0.1) is 0 Å². The molecule has 1 aliphatic carbocycles. The maximum atomic E-state index is 13.6. The summed E-state index contributed by atoms with van der Waals surface area (Å²) >= 11 is 0. The van der Waals surface area contributed by atoms with Gasteiger partial charge in [0.15, 0.2) is 21.2 Å². The average molecular weight is 444 g/mol. The topological polar surface area (TPSA) is 89.5 Å². The molecule has 166 valence electrons. The minimum atomic E-state index is -3.98. The van der Waals surface area contributed by atoms with Crippen molar-refractivity contribution in [3.8, 4) is 0 Å². The summed E-state index contributed by atoms with van der Waals surface area (Å²) < 4.78 is 30.8. The zero-order chi connectivity index (χ0) is 22.8. The molecule has 6 nitrogen and oxygen atoms in total. The molecule has 1 N–H and O–H groups in total. The third kappa shape index (κ3) is 4.37. The van der Waals surface area contributed by atoms with E-state index in [4.69, 9.17) is 4.74 Å². The van der Waals surface area contributed by atoms with Gasteiger partial charge in [-0.3, -0.25) is 9.59 Å². The highest BCUT2D eigenvalue weighted by atomic mass is 32.2. The molecule has 1 aliphatic rings. The van der Waals surface area contributed by atoms with E-state index < -0.39 is 33.1 Å². The first-order valence-electron chi connectivity index (χ1n) is 10.4. The fraction of sp³-hybridized carbons (Fsp3) is 0.417. The molecule has 1 fully saturated rings. The number of anilines is 1. The van der Waals surface area contributed by atoms with Crippen molar-refractivity contribution >= 4 is 27.4 Å². The van der Waals surface area contributed by atoms with Crippen molar-refractivity contribution in [2.45, 2.75) is 63.0 Å². The van der Waals surface area contributed by atoms with E-state index in [-0.39, 0.29) is 17.7 Å². The van der Waals surface area contributed by atoms with Crippen LogP contribution in [0.15, 0.2) is 41.3 Å². The van der Waals surface area contributed by atoms with Crippen molar-refractivity contribution < 1.29 is 22.7 Å². The van der Waals surface area contributed by atoms with Gasteiger partial charge in [0.25, 0.3) is 5.91 Å². The van der Waals surface area contributed by atoms with Gasteiger partial charge in [-0.2, -0.15) is 0 Å². The normalized spacial score (nSPS) is 15.5. The van der Waals surface area contributed by atoms with Crippen LogP contribution in [-0.4, -0.2) is 31.6 Å². The summed E-state index contributed by atoms with van der Waals surface area (Å²) in [5.74, 6) is -1.34. The molecule has 2 aromatic carbocycles. The van der Waals surface area contributed by atoms with Gasteiger partial charge in [-0.1, -0.05) is 43.2 Å². The number of para-hydroxylation sites is 1. The van der Waals surface area contributed by atoms with Crippen molar-refractivity contribution in [1.82, 2.24) is 0 Å². The number of benzene rings is 2. The summed E-state index contributed by atoms with van der Waals surface area (Å²) in [7, 11) is -3.98. The van der Waals surface area contributed by atoms with Gasteiger partial charge in [0.2, 0.25) is 0 Å². The summed E-state index contributed by atoms with van der Waals surface area (Å²) in [4.78, 5) is 25.7. The predicted octanol–water partition coefficient (Wildman–Crippen LogP) is 4.19. The molecular weight excluding hydrogens is 414 g/mol. The fourth-order valence-corrected chi connectivity index (χ4v) is 6.54. The number of hydrogen-bond donors (Lipinski definition) is 1. The number of carbonyl (C=O) groups excluding carboxylic acids is 2. The minimum Gasteiger partial charge on any atom is -0.454 e. The van der Waals surface area contributed by atoms with Crippen LogP contribution < -0.4 is 5.32 Å². The zero-order valence-corrected chi connectivity index (χ0v) is 19.3. The van der Waals surface area contributed by atoms with Crippen LogP contribution in [0.4, 0.5) is 5.69 Å². The Balaban J connectivity index is 1.81. The van der Waals surface area contributed by atoms with E-state index in [1.54, 1.807) is 19.1 Å². The van der Waals surface area contributed by atoms with Crippen molar-refractivity contribution in [1.29, 1.82) is 0 Å². The summed E-state index contributed by atoms with van der Waals surface area (Å²) in [5.41, 5.74) is 3.85. The highest BCUT2D eigenvalue weighted by Crippen LogP contribution is 2.42. The van der Waals surface area contributed by atoms with Crippen LogP contribution in [0.5, 0.6) is 0 Å². The lowest BCUT2D eigenvalue weighted by Gasteiger charge is -2.27. The first kappa shape index (κ1) is 23.0. The molecule has 7 heteroatoms. The Kier molecular flexibility index (Phi) is 6.55. The van der Waals surface area contributed by atoms with Crippen LogP contribution in [-0.2, 0) is 24.2 Å². The van der Waals surface area contributed by atoms with Gasteiger partial charge in [0.05, 0.1) is 4.90 Å². The Morgan fingerprint density at radius 1 is 0.968 bits per heavy atom. The van der Waals surface area contributed by atoms with Crippen molar-refractivity contribution in [3.05, 3.63) is 58.7 Å². The Morgan fingerprint density at radius 3 is 2.19 bits per heavy atom. The number of hydrogen-bond acceptors (Lipinski definition) is 5. The first-order chi connectivity index (χ1) is 14.6.